The van der Waals surface area contributed by atoms with Crippen molar-refractivity contribution in [3.05, 3.63) is 70.3 Å². The minimum Gasteiger partial charge on any atom is -0.351 e. The second-order valence-corrected chi connectivity index (χ2v) is 4.82. The van der Waals surface area contributed by atoms with Crippen LogP contribution in [0.5, 0.6) is 0 Å². The predicted molar refractivity (Wildman–Crippen MR) is 89.5 cm³/mol. The van der Waals surface area contributed by atoms with Crippen LogP contribution in [0.4, 0.5) is 5.69 Å². The molecule has 2 rings (SSSR count). The van der Waals surface area contributed by atoms with E-state index in [9.17, 15) is 19.7 Å². The topological polar surface area (TPSA) is 127 Å². The van der Waals surface area contributed by atoms with Crippen LogP contribution in [0.3, 0.4) is 0 Å². The van der Waals surface area contributed by atoms with Crippen molar-refractivity contribution in [1.82, 2.24) is 20.6 Å². The molecule has 1 aromatic carbocycles. The molecule has 2 aromatic rings. The molecule has 128 valence electrons. The Hall–Kier alpha value is -3.62. The van der Waals surface area contributed by atoms with Crippen molar-refractivity contribution < 1.29 is 14.5 Å². The van der Waals surface area contributed by atoms with Crippen LogP contribution < -0.4 is 10.6 Å². The molecule has 0 saturated heterocycles. The number of amides is 2. The maximum Gasteiger partial charge on any atom is 0.271 e. The number of nitro benzene ring substituents is 1. The summed E-state index contributed by atoms with van der Waals surface area (Å²) < 4.78 is 0. The van der Waals surface area contributed by atoms with E-state index in [0.29, 0.717) is 5.56 Å². The molecule has 0 saturated carbocycles. The third-order valence-electron chi connectivity index (χ3n) is 3.01. The van der Waals surface area contributed by atoms with E-state index in [1.54, 1.807) is 6.07 Å². The third-order valence-corrected chi connectivity index (χ3v) is 3.01. The molecule has 2 amide bonds. The van der Waals surface area contributed by atoms with Gasteiger partial charge in [-0.05, 0) is 11.6 Å². The van der Waals surface area contributed by atoms with Gasteiger partial charge in [0, 0.05) is 43.7 Å². The van der Waals surface area contributed by atoms with Crippen molar-refractivity contribution in [2.45, 2.75) is 0 Å². The average molecular weight is 341 g/mol. The van der Waals surface area contributed by atoms with Crippen molar-refractivity contribution in [1.29, 1.82) is 0 Å². The zero-order valence-corrected chi connectivity index (χ0v) is 13.1. The lowest BCUT2D eigenvalue weighted by atomic mass is 10.2. The largest absolute Gasteiger partial charge is 0.351 e. The van der Waals surface area contributed by atoms with Crippen molar-refractivity contribution in [2.24, 2.45) is 0 Å². The number of aromatic nitrogens is 2. The fraction of sp³-hybridized carbons (Fsp3) is 0.125. The number of hydrogen-bond donors (Lipinski definition) is 2. The van der Waals surface area contributed by atoms with Crippen molar-refractivity contribution in [3.8, 4) is 0 Å². The summed E-state index contributed by atoms with van der Waals surface area (Å²) in [7, 11) is 0. The van der Waals surface area contributed by atoms with Crippen molar-refractivity contribution in [3.63, 3.8) is 0 Å². The summed E-state index contributed by atoms with van der Waals surface area (Å²) in [4.78, 5) is 41.2. The van der Waals surface area contributed by atoms with Gasteiger partial charge in [0.1, 0.15) is 5.69 Å². The number of carbonyl (C=O) groups is 2. The van der Waals surface area contributed by atoms with Crippen LogP contribution in [0, 0.1) is 10.1 Å². The minimum atomic E-state index is -0.503. The summed E-state index contributed by atoms with van der Waals surface area (Å²) in [6, 6.07) is 5.93. The summed E-state index contributed by atoms with van der Waals surface area (Å²) >= 11 is 0. The maximum absolute atomic E-state index is 11.7. The molecule has 0 spiro atoms. The van der Waals surface area contributed by atoms with E-state index in [0.717, 1.165) is 0 Å². The first-order valence-corrected chi connectivity index (χ1v) is 7.31. The first-order valence-electron chi connectivity index (χ1n) is 7.31. The van der Waals surface area contributed by atoms with Gasteiger partial charge in [-0.3, -0.25) is 24.7 Å². The van der Waals surface area contributed by atoms with Gasteiger partial charge in [-0.1, -0.05) is 12.1 Å². The number of rotatable bonds is 7. The zero-order chi connectivity index (χ0) is 18.1. The van der Waals surface area contributed by atoms with Gasteiger partial charge in [-0.25, -0.2) is 4.98 Å². The highest BCUT2D eigenvalue weighted by molar-refractivity contribution is 5.92. The lowest BCUT2D eigenvalue weighted by molar-refractivity contribution is -0.384. The van der Waals surface area contributed by atoms with Crippen LogP contribution in [0.15, 0.2) is 48.9 Å². The Morgan fingerprint density at radius 2 is 2.00 bits per heavy atom. The highest BCUT2D eigenvalue weighted by Crippen LogP contribution is 2.13. The van der Waals surface area contributed by atoms with Crippen LogP contribution in [-0.4, -0.2) is 39.8 Å². The van der Waals surface area contributed by atoms with Crippen LogP contribution >= 0.6 is 0 Å². The molecular weight excluding hydrogens is 326 g/mol. The maximum atomic E-state index is 11.7. The molecule has 0 unspecified atom stereocenters. The number of carbonyl (C=O) groups excluding carboxylic acids is 2. The smallest absolute Gasteiger partial charge is 0.271 e. The molecule has 25 heavy (non-hydrogen) atoms. The Bertz CT molecular complexity index is 792. The number of nitrogens with zero attached hydrogens (tertiary/aromatic N) is 3. The highest BCUT2D eigenvalue weighted by Gasteiger charge is 2.06. The van der Waals surface area contributed by atoms with Gasteiger partial charge in [0.2, 0.25) is 5.91 Å². The molecule has 9 heteroatoms. The molecule has 0 bridgehead atoms. The minimum absolute atomic E-state index is 0.0470. The number of nitrogens with one attached hydrogen (secondary N) is 2. The molecule has 2 N–H and O–H groups in total. The molecule has 1 aromatic heterocycles. The molecule has 0 aliphatic carbocycles. The van der Waals surface area contributed by atoms with Crippen LogP contribution in [0.2, 0.25) is 0 Å². The summed E-state index contributed by atoms with van der Waals surface area (Å²) in [6.45, 7) is 0.454. The van der Waals surface area contributed by atoms with E-state index < -0.39 is 4.92 Å². The molecule has 0 aliphatic heterocycles. The number of nitro groups is 1. The molecular formula is C16H15N5O4. The van der Waals surface area contributed by atoms with E-state index in [-0.39, 0.29) is 36.3 Å². The average Bonchev–Trinajstić information content (AvgIpc) is 2.64. The summed E-state index contributed by atoms with van der Waals surface area (Å²) in [6.07, 6.45) is 6.96. The number of benzene rings is 1. The molecule has 0 atom stereocenters. The van der Waals surface area contributed by atoms with Gasteiger partial charge in [0.25, 0.3) is 11.6 Å². The summed E-state index contributed by atoms with van der Waals surface area (Å²) in [5.74, 6) is -0.755. The quantitative estimate of drug-likeness (QED) is 0.334. The zero-order valence-electron chi connectivity index (χ0n) is 13.1. The van der Waals surface area contributed by atoms with Crippen molar-refractivity contribution in [2.75, 3.05) is 13.1 Å². The Labute approximate surface area is 143 Å². The van der Waals surface area contributed by atoms with Gasteiger partial charge in [0.05, 0.1) is 11.1 Å². The Morgan fingerprint density at radius 1 is 1.20 bits per heavy atom. The second-order valence-electron chi connectivity index (χ2n) is 4.82. The summed E-state index contributed by atoms with van der Waals surface area (Å²) in [5, 5.41) is 15.9. The molecule has 0 fully saturated rings. The SMILES string of the molecule is O=C(/C=C/c1cccc([N+](=O)[O-])c1)NCCNC(=O)c1cnccn1. The van der Waals surface area contributed by atoms with Gasteiger partial charge in [0.15, 0.2) is 0 Å². The Balaban J connectivity index is 1.74. The fourth-order valence-corrected chi connectivity index (χ4v) is 1.84. The predicted octanol–water partition coefficient (Wildman–Crippen LogP) is 0.944. The highest BCUT2D eigenvalue weighted by atomic mass is 16.6. The van der Waals surface area contributed by atoms with E-state index >= 15 is 0 Å². The van der Waals surface area contributed by atoms with E-state index in [2.05, 4.69) is 20.6 Å². The lowest BCUT2D eigenvalue weighted by Crippen LogP contribution is -2.34. The van der Waals surface area contributed by atoms with Crippen LogP contribution in [0.1, 0.15) is 16.1 Å². The Kier molecular flexibility index (Phi) is 6.29. The first kappa shape index (κ1) is 17.7. The molecule has 0 radical (unpaired) electrons. The van der Waals surface area contributed by atoms with Crippen LogP contribution in [-0.2, 0) is 4.79 Å². The summed E-state index contributed by atoms with van der Waals surface area (Å²) in [5.41, 5.74) is 0.689. The second kappa shape index (κ2) is 8.87. The van der Waals surface area contributed by atoms with E-state index in [4.69, 9.17) is 0 Å². The molecule has 9 nitrogen and oxygen atoms in total. The lowest BCUT2D eigenvalue weighted by Gasteiger charge is -2.04. The normalized spacial score (nSPS) is 10.4. The van der Waals surface area contributed by atoms with Crippen molar-refractivity contribution >= 4 is 23.6 Å². The van der Waals surface area contributed by atoms with Gasteiger partial charge in [-0.2, -0.15) is 0 Å². The number of hydrogen-bond acceptors (Lipinski definition) is 6. The third kappa shape index (κ3) is 5.82. The number of non-ortho nitro benzene ring substituents is 1. The standard InChI is InChI=1S/C16H15N5O4/c22-15(5-4-12-2-1-3-13(10-12)21(24)25)19-8-9-20-16(23)14-11-17-6-7-18-14/h1-7,10-11H,8-9H2,(H,19,22)(H,20,23)/b5-4+. The Morgan fingerprint density at radius 3 is 2.72 bits per heavy atom. The van der Waals surface area contributed by atoms with E-state index in [1.165, 1.54) is 48.9 Å². The van der Waals surface area contributed by atoms with Gasteiger partial charge >= 0.3 is 0 Å². The van der Waals surface area contributed by atoms with Crippen LogP contribution in [0.25, 0.3) is 6.08 Å². The fourth-order valence-electron chi connectivity index (χ4n) is 1.84. The first-order chi connectivity index (χ1) is 12.1. The molecule has 1 heterocycles. The van der Waals surface area contributed by atoms with Gasteiger partial charge < -0.3 is 10.6 Å². The molecule has 0 aliphatic rings. The van der Waals surface area contributed by atoms with E-state index in [1.807, 2.05) is 0 Å². The monoisotopic (exact) mass is 341 g/mol. The van der Waals surface area contributed by atoms with Gasteiger partial charge in [-0.15, -0.1) is 0 Å².